The number of aryl methyl sites for hydroxylation is 1. The van der Waals surface area contributed by atoms with Gasteiger partial charge in [-0.15, -0.1) is 11.3 Å². The van der Waals surface area contributed by atoms with Crippen molar-refractivity contribution in [1.29, 1.82) is 0 Å². The van der Waals surface area contributed by atoms with Crippen molar-refractivity contribution >= 4 is 33.1 Å². The SMILES string of the molecule is CCCCc1ccc2c(N)c(C(=O)N3CCCCCC3)sc2n1. The number of aromatic nitrogens is 1. The molecule has 0 radical (unpaired) electrons. The zero-order chi connectivity index (χ0) is 16.2. The van der Waals surface area contributed by atoms with Crippen LogP contribution in [0.5, 0.6) is 0 Å². The largest absolute Gasteiger partial charge is 0.397 e. The van der Waals surface area contributed by atoms with Crippen molar-refractivity contribution in [3.63, 3.8) is 0 Å². The summed E-state index contributed by atoms with van der Waals surface area (Å²) in [7, 11) is 0. The van der Waals surface area contributed by atoms with Crippen LogP contribution in [0.25, 0.3) is 10.2 Å². The topological polar surface area (TPSA) is 59.2 Å². The number of carbonyl (C=O) groups excluding carboxylic acids is 1. The Morgan fingerprint density at radius 3 is 2.70 bits per heavy atom. The van der Waals surface area contributed by atoms with Gasteiger partial charge in [0.1, 0.15) is 9.71 Å². The molecule has 23 heavy (non-hydrogen) atoms. The Morgan fingerprint density at radius 1 is 1.26 bits per heavy atom. The van der Waals surface area contributed by atoms with Gasteiger partial charge in [-0.3, -0.25) is 4.79 Å². The van der Waals surface area contributed by atoms with Crippen molar-refractivity contribution in [1.82, 2.24) is 9.88 Å². The van der Waals surface area contributed by atoms with Gasteiger partial charge in [-0.1, -0.05) is 26.2 Å². The molecule has 0 spiro atoms. The lowest BCUT2D eigenvalue weighted by molar-refractivity contribution is 0.0767. The molecule has 0 aromatic carbocycles. The number of anilines is 1. The summed E-state index contributed by atoms with van der Waals surface area (Å²) in [6.07, 6.45) is 7.90. The van der Waals surface area contributed by atoms with Crippen molar-refractivity contribution in [2.75, 3.05) is 18.8 Å². The van der Waals surface area contributed by atoms with Gasteiger partial charge in [-0.2, -0.15) is 0 Å². The van der Waals surface area contributed by atoms with Gasteiger partial charge in [0.05, 0.1) is 5.69 Å². The van der Waals surface area contributed by atoms with Gasteiger partial charge < -0.3 is 10.6 Å². The van der Waals surface area contributed by atoms with Gasteiger partial charge in [0, 0.05) is 24.2 Å². The third-order valence-corrected chi connectivity index (χ3v) is 5.63. The number of likely N-dealkylation sites (tertiary alicyclic amines) is 1. The lowest BCUT2D eigenvalue weighted by Crippen LogP contribution is -2.31. The highest BCUT2D eigenvalue weighted by Gasteiger charge is 2.23. The molecule has 0 saturated carbocycles. The van der Waals surface area contributed by atoms with Gasteiger partial charge in [-0.05, 0) is 37.8 Å². The second-order valence-corrected chi connectivity index (χ2v) is 7.31. The molecule has 1 saturated heterocycles. The first-order chi connectivity index (χ1) is 11.2. The molecule has 1 aliphatic rings. The zero-order valence-corrected chi connectivity index (χ0v) is 14.6. The number of thiophene rings is 1. The number of unbranched alkanes of at least 4 members (excludes halogenated alkanes) is 1. The molecule has 4 nitrogen and oxygen atoms in total. The van der Waals surface area contributed by atoms with Crippen LogP contribution >= 0.6 is 11.3 Å². The van der Waals surface area contributed by atoms with E-state index in [1.54, 1.807) is 0 Å². The monoisotopic (exact) mass is 331 g/mol. The molecule has 5 heteroatoms. The fraction of sp³-hybridized carbons (Fsp3) is 0.556. The highest BCUT2D eigenvalue weighted by Crippen LogP contribution is 2.34. The van der Waals surface area contributed by atoms with E-state index in [1.807, 2.05) is 17.0 Å². The molecule has 0 atom stereocenters. The van der Waals surface area contributed by atoms with Gasteiger partial charge in [0.15, 0.2) is 0 Å². The van der Waals surface area contributed by atoms with Crippen molar-refractivity contribution < 1.29 is 4.79 Å². The zero-order valence-electron chi connectivity index (χ0n) is 13.8. The van der Waals surface area contributed by atoms with Gasteiger partial charge in [0.2, 0.25) is 0 Å². The minimum absolute atomic E-state index is 0.0857. The third-order valence-electron chi connectivity index (χ3n) is 4.53. The van der Waals surface area contributed by atoms with E-state index >= 15 is 0 Å². The number of rotatable bonds is 4. The molecule has 2 aromatic heterocycles. The van der Waals surface area contributed by atoms with Crippen LogP contribution in [-0.2, 0) is 6.42 Å². The molecule has 0 bridgehead atoms. The van der Waals surface area contributed by atoms with Crippen molar-refractivity contribution in [2.24, 2.45) is 0 Å². The molecular formula is C18H25N3OS. The van der Waals surface area contributed by atoms with E-state index in [2.05, 4.69) is 6.92 Å². The van der Waals surface area contributed by atoms with Crippen LogP contribution in [0.2, 0.25) is 0 Å². The fourth-order valence-corrected chi connectivity index (χ4v) is 4.19. The molecule has 1 fully saturated rings. The maximum absolute atomic E-state index is 12.8. The number of carbonyl (C=O) groups is 1. The number of nitrogen functional groups attached to an aromatic ring is 1. The van der Waals surface area contributed by atoms with Crippen LogP contribution in [0.1, 0.15) is 60.8 Å². The van der Waals surface area contributed by atoms with Gasteiger partial charge >= 0.3 is 0 Å². The molecule has 2 N–H and O–H groups in total. The van der Waals surface area contributed by atoms with Crippen LogP contribution in [0.4, 0.5) is 5.69 Å². The summed E-state index contributed by atoms with van der Waals surface area (Å²) in [6, 6.07) is 4.07. The first kappa shape index (κ1) is 16.2. The highest BCUT2D eigenvalue weighted by molar-refractivity contribution is 7.21. The van der Waals surface area contributed by atoms with Crippen LogP contribution < -0.4 is 5.73 Å². The van der Waals surface area contributed by atoms with E-state index in [4.69, 9.17) is 10.7 Å². The Kier molecular flexibility index (Phi) is 5.16. The van der Waals surface area contributed by atoms with E-state index in [-0.39, 0.29) is 5.91 Å². The lowest BCUT2D eigenvalue weighted by Gasteiger charge is -2.19. The van der Waals surface area contributed by atoms with Crippen LogP contribution in [-0.4, -0.2) is 28.9 Å². The maximum Gasteiger partial charge on any atom is 0.266 e. The van der Waals surface area contributed by atoms with Crippen molar-refractivity contribution in [2.45, 2.75) is 51.9 Å². The summed E-state index contributed by atoms with van der Waals surface area (Å²) in [5.74, 6) is 0.0857. The second kappa shape index (κ2) is 7.30. The molecule has 0 aliphatic carbocycles. The lowest BCUT2D eigenvalue weighted by atomic mass is 10.1. The smallest absolute Gasteiger partial charge is 0.266 e. The maximum atomic E-state index is 12.8. The van der Waals surface area contributed by atoms with Crippen LogP contribution in [0, 0.1) is 0 Å². The van der Waals surface area contributed by atoms with Crippen molar-refractivity contribution in [3.8, 4) is 0 Å². The Morgan fingerprint density at radius 2 is 2.00 bits per heavy atom. The quantitative estimate of drug-likeness (QED) is 0.911. The van der Waals surface area contributed by atoms with Crippen LogP contribution in [0.15, 0.2) is 12.1 Å². The number of nitrogens with zero attached hydrogens (tertiary/aromatic N) is 2. The second-order valence-electron chi connectivity index (χ2n) is 6.31. The van der Waals surface area contributed by atoms with E-state index in [0.717, 1.165) is 61.1 Å². The minimum atomic E-state index is 0.0857. The Balaban J connectivity index is 1.88. The summed E-state index contributed by atoms with van der Waals surface area (Å²) in [6.45, 7) is 3.88. The number of hydrogen-bond donors (Lipinski definition) is 1. The number of amides is 1. The standard InChI is InChI=1S/C18H25N3OS/c1-2-3-8-13-9-10-14-15(19)16(23-17(14)20-13)18(22)21-11-6-4-5-7-12-21/h9-10H,2-8,11-12,19H2,1H3. The number of pyridine rings is 1. The number of fused-ring (bicyclic) bond motifs is 1. The third kappa shape index (κ3) is 3.50. The predicted molar refractivity (Wildman–Crippen MR) is 97.0 cm³/mol. The molecular weight excluding hydrogens is 306 g/mol. The average molecular weight is 331 g/mol. The summed E-state index contributed by atoms with van der Waals surface area (Å²) in [4.78, 5) is 21.1. The van der Waals surface area contributed by atoms with Gasteiger partial charge in [-0.25, -0.2) is 4.98 Å². The number of nitrogens with two attached hydrogens (primary N) is 1. The molecule has 2 aromatic rings. The normalized spacial score (nSPS) is 15.8. The molecule has 3 heterocycles. The molecule has 0 unspecified atom stereocenters. The van der Waals surface area contributed by atoms with E-state index < -0.39 is 0 Å². The number of hydrogen-bond acceptors (Lipinski definition) is 4. The molecule has 3 rings (SSSR count). The highest BCUT2D eigenvalue weighted by atomic mass is 32.1. The summed E-state index contributed by atoms with van der Waals surface area (Å²) in [5, 5.41) is 0.924. The Hall–Kier alpha value is -1.62. The van der Waals surface area contributed by atoms with E-state index in [0.29, 0.717) is 10.6 Å². The Labute approximate surface area is 141 Å². The van der Waals surface area contributed by atoms with E-state index in [9.17, 15) is 4.79 Å². The Bertz CT molecular complexity index is 687. The molecule has 1 aliphatic heterocycles. The van der Waals surface area contributed by atoms with Crippen molar-refractivity contribution in [3.05, 3.63) is 22.7 Å². The summed E-state index contributed by atoms with van der Waals surface area (Å²) < 4.78 is 0. The van der Waals surface area contributed by atoms with Gasteiger partial charge in [0.25, 0.3) is 5.91 Å². The van der Waals surface area contributed by atoms with E-state index in [1.165, 1.54) is 24.2 Å². The summed E-state index contributed by atoms with van der Waals surface area (Å²) in [5.41, 5.74) is 7.96. The fourth-order valence-electron chi connectivity index (χ4n) is 3.11. The molecule has 1 amide bonds. The molecule has 124 valence electrons. The predicted octanol–water partition coefficient (Wildman–Crippen LogP) is 4.24. The van der Waals surface area contributed by atoms with Crippen LogP contribution in [0.3, 0.4) is 0 Å². The summed E-state index contributed by atoms with van der Waals surface area (Å²) >= 11 is 1.45. The first-order valence-electron chi connectivity index (χ1n) is 8.68. The minimum Gasteiger partial charge on any atom is -0.397 e. The average Bonchev–Trinajstić information content (AvgIpc) is 2.76. The first-order valence-corrected chi connectivity index (χ1v) is 9.49.